The molecule has 2 amide bonds. The van der Waals surface area contributed by atoms with Crippen LogP contribution in [0.1, 0.15) is 28.8 Å². The van der Waals surface area contributed by atoms with Crippen molar-refractivity contribution >= 4 is 22.7 Å². The number of para-hydroxylation sites is 1. The Kier molecular flexibility index (Phi) is 6.35. The van der Waals surface area contributed by atoms with Crippen molar-refractivity contribution in [1.29, 1.82) is 0 Å². The van der Waals surface area contributed by atoms with E-state index in [1.54, 1.807) is 30.0 Å². The van der Waals surface area contributed by atoms with Gasteiger partial charge in [0, 0.05) is 35.6 Å². The number of benzene rings is 2. The number of fused-ring (bicyclic) bond motifs is 1. The van der Waals surface area contributed by atoms with Gasteiger partial charge in [-0.1, -0.05) is 36.4 Å². The molecule has 1 saturated carbocycles. The van der Waals surface area contributed by atoms with Gasteiger partial charge >= 0.3 is 0 Å². The summed E-state index contributed by atoms with van der Waals surface area (Å²) in [6.07, 6.45) is 3.63. The number of amides is 2. The van der Waals surface area contributed by atoms with Gasteiger partial charge in [-0.2, -0.15) is 0 Å². The van der Waals surface area contributed by atoms with Gasteiger partial charge < -0.3 is 10.1 Å². The standard InChI is InChI=1S/C28H26N4O4/c1-18-12-20(23-9-2-3-10-25(23)31-18)17-36-22-8-4-7-21(13-22)28(14-24(28)26(33)32-35)27(34)30-16-19-6-5-11-29-15-19/h2-13,15,24,35H,14,16-17H2,1H3,(H,30,34)(H,32,33)/t24-,28-/m0/s1. The van der Waals surface area contributed by atoms with Crippen LogP contribution in [0.5, 0.6) is 5.75 Å². The van der Waals surface area contributed by atoms with Crippen LogP contribution < -0.4 is 15.5 Å². The summed E-state index contributed by atoms with van der Waals surface area (Å²) in [5.41, 5.74) is 4.94. The second-order valence-electron chi connectivity index (χ2n) is 9.00. The molecule has 182 valence electrons. The smallest absolute Gasteiger partial charge is 0.247 e. The van der Waals surface area contributed by atoms with Crippen LogP contribution in [0, 0.1) is 12.8 Å². The molecule has 0 spiro atoms. The molecular formula is C28H26N4O4. The summed E-state index contributed by atoms with van der Waals surface area (Å²) in [4.78, 5) is 34.3. The first-order valence-corrected chi connectivity index (χ1v) is 11.7. The van der Waals surface area contributed by atoms with E-state index in [2.05, 4.69) is 15.3 Å². The molecule has 5 rings (SSSR count). The van der Waals surface area contributed by atoms with Gasteiger partial charge in [-0.05, 0) is 54.8 Å². The van der Waals surface area contributed by atoms with Crippen molar-refractivity contribution < 1.29 is 19.5 Å². The molecule has 2 heterocycles. The molecule has 8 heteroatoms. The number of hydrogen-bond donors (Lipinski definition) is 3. The van der Waals surface area contributed by atoms with Gasteiger partial charge in [-0.3, -0.25) is 24.8 Å². The maximum atomic E-state index is 13.4. The second-order valence-corrected chi connectivity index (χ2v) is 9.00. The van der Waals surface area contributed by atoms with E-state index in [0.717, 1.165) is 27.7 Å². The summed E-state index contributed by atoms with van der Waals surface area (Å²) in [5.74, 6) is -0.969. The Hall–Kier alpha value is -4.30. The molecular weight excluding hydrogens is 456 g/mol. The van der Waals surface area contributed by atoms with Gasteiger partial charge in [0.2, 0.25) is 11.8 Å². The average Bonchev–Trinajstić information content (AvgIpc) is 3.68. The lowest BCUT2D eigenvalue weighted by atomic mass is 9.91. The van der Waals surface area contributed by atoms with Crippen molar-refractivity contribution in [1.82, 2.24) is 20.8 Å². The van der Waals surface area contributed by atoms with E-state index in [4.69, 9.17) is 4.74 Å². The fourth-order valence-electron chi connectivity index (χ4n) is 4.74. The average molecular weight is 483 g/mol. The monoisotopic (exact) mass is 482 g/mol. The summed E-state index contributed by atoms with van der Waals surface area (Å²) >= 11 is 0. The molecule has 0 aliphatic heterocycles. The molecule has 0 bridgehead atoms. The molecule has 0 unspecified atom stereocenters. The van der Waals surface area contributed by atoms with Gasteiger partial charge in [0.1, 0.15) is 12.4 Å². The molecule has 3 N–H and O–H groups in total. The topological polar surface area (TPSA) is 113 Å². The normalized spacial score (nSPS) is 18.4. The SMILES string of the molecule is Cc1cc(COc2cccc([C@@]3(C(=O)NCc4cccnc4)C[C@H]3C(=O)NO)c2)c2ccccc2n1. The number of hydrogen-bond acceptors (Lipinski definition) is 6. The van der Waals surface area contributed by atoms with Crippen molar-refractivity contribution in [3.63, 3.8) is 0 Å². The predicted octanol–water partition coefficient (Wildman–Crippen LogP) is 3.60. The van der Waals surface area contributed by atoms with Crippen LogP contribution in [0.2, 0.25) is 0 Å². The number of nitrogens with zero attached hydrogens (tertiary/aromatic N) is 2. The van der Waals surface area contributed by atoms with Crippen molar-refractivity contribution in [3.8, 4) is 5.75 Å². The molecule has 1 aliphatic rings. The molecule has 2 aromatic carbocycles. The van der Waals surface area contributed by atoms with Crippen molar-refractivity contribution in [2.75, 3.05) is 0 Å². The van der Waals surface area contributed by atoms with E-state index >= 15 is 0 Å². The predicted molar refractivity (Wildman–Crippen MR) is 133 cm³/mol. The Balaban J connectivity index is 1.38. The number of aromatic nitrogens is 2. The first kappa shape index (κ1) is 23.4. The summed E-state index contributed by atoms with van der Waals surface area (Å²) in [5, 5.41) is 13.2. The summed E-state index contributed by atoms with van der Waals surface area (Å²) in [6.45, 7) is 2.56. The molecule has 8 nitrogen and oxygen atoms in total. The Morgan fingerprint density at radius 3 is 2.78 bits per heavy atom. The zero-order chi connectivity index (χ0) is 25.1. The van der Waals surface area contributed by atoms with E-state index in [9.17, 15) is 14.8 Å². The van der Waals surface area contributed by atoms with Crippen LogP contribution >= 0.6 is 0 Å². The Bertz CT molecular complexity index is 1430. The molecule has 0 saturated heterocycles. The maximum Gasteiger partial charge on any atom is 0.247 e. The third-order valence-electron chi connectivity index (χ3n) is 6.64. The molecule has 2 atom stereocenters. The zero-order valence-corrected chi connectivity index (χ0v) is 19.8. The van der Waals surface area contributed by atoms with Gasteiger partial charge in [0.25, 0.3) is 0 Å². The first-order chi connectivity index (χ1) is 17.5. The molecule has 2 aromatic heterocycles. The van der Waals surface area contributed by atoms with E-state index in [0.29, 0.717) is 17.9 Å². The van der Waals surface area contributed by atoms with Gasteiger partial charge in [-0.15, -0.1) is 0 Å². The Morgan fingerprint density at radius 1 is 1.11 bits per heavy atom. The lowest BCUT2D eigenvalue weighted by Crippen LogP contribution is -2.38. The summed E-state index contributed by atoms with van der Waals surface area (Å²) in [6, 6.07) is 20.8. The number of hydroxylamine groups is 1. The van der Waals surface area contributed by atoms with Gasteiger partial charge in [0.15, 0.2) is 0 Å². The highest BCUT2D eigenvalue weighted by atomic mass is 16.5. The van der Waals surface area contributed by atoms with Crippen LogP contribution in [0.4, 0.5) is 0 Å². The van der Waals surface area contributed by atoms with Crippen LogP contribution in [0.3, 0.4) is 0 Å². The summed E-state index contributed by atoms with van der Waals surface area (Å²) in [7, 11) is 0. The summed E-state index contributed by atoms with van der Waals surface area (Å²) < 4.78 is 6.13. The highest BCUT2D eigenvalue weighted by Gasteiger charge is 2.64. The number of aryl methyl sites for hydroxylation is 1. The highest BCUT2D eigenvalue weighted by Crippen LogP contribution is 2.55. The van der Waals surface area contributed by atoms with Crippen molar-refractivity contribution in [2.45, 2.75) is 31.9 Å². The van der Waals surface area contributed by atoms with Gasteiger partial charge in [0.05, 0.1) is 16.8 Å². The lowest BCUT2D eigenvalue weighted by Gasteiger charge is -2.19. The third-order valence-corrected chi connectivity index (χ3v) is 6.64. The fourth-order valence-corrected chi connectivity index (χ4v) is 4.74. The number of pyridine rings is 2. The molecule has 36 heavy (non-hydrogen) atoms. The third kappa shape index (κ3) is 4.50. The maximum absolute atomic E-state index is 13.4. The number of nitrogens with one attached hydrogen (secondary N) is 2. The largest absolute Gasteiger partial charge is 0.489 e. The quantitative estimate of drug-likeness (QED) is 0.261. The molecule has 4 aromatic rings. The number of rotatable bonds is 8. The molecule has 0 radical (unpaired) electrons. The highest BCUT2D eigenvalue weighted by molar-refractivity contribution is 6.00. The number of ether oxygens (including phenoxy) is 1. The Morgan fingerprint density at radius 2 is 1.97 bits per heavy atom. The minimum Gasteiger partial charge on any atom is -0.489 e. The molecule has 1 aliphatic carbocycles. The number of carbonyl (C=O) groups is 2. The molecule has 1 fully saturated rings. The van der Waals surface area contributed by atoms with Crippen LogP contribution in [-0.2, 0) is 28.2 Å². The van der Waals surface area contributed by atoms with E-state index < -0.39 is 17.2 Å². The number of carbonyl (C=O) groups excluding carboxylic acids is 2. The van der Waals surface area contributed by atoms with Crippen LogP contribution in [-0.4, -0.2) is 27.0 Å². The zero-order valence-electron chi connectivity index (χ0n) is 19.8. The van der Waals surface area contributed by atoms with Crippen LogP contribution in [0.15, 0.2) is 79.1 Å². The van der Waals surface area contributed by atoms with E-state index in [1.807, 2.05) is 61.5 Å². The lowest BCUT2D eigenvalue weighted by molar-refractivity contribution is -0.133. The fraction of sp³-hybridized carbons (Fsp3) is 0.214. The minimum atomic E-state index is -1.09. The van der Waals surface area contributed by atoms with Crippen molar-refractivity contribution in [3.05, 3.63) is 102 Å². The first-order valence-electron chi connectivity index (χ1n) is 11.7. The van der Waals surface area contributed by atoms with Crippen molar-refractivity contribution in [2.24, 2.45) is 5.92 Å². The van der Waals surface area contributed by atoms with Crippen LogP contribution in [0.25, 0.3) is 10.9 Å². The van der Waals surface area contributed by atoms with Gasteiger partial charge in [-0.25, -0.2) is 5.48 Å². The Labute approximate surface area is 208 Å². The minimum absolute atomic E-state index is 0.284. The second kappa shape index (κ2) is 9.75. The van der Waals surface area contributed by atoms with E-state index in [1.165, 1.54) is 0 Å². The van der Waals surface area contributed by atoms with E-state index in [-0.39, 0.29) is 18.9 Å².